The molecule has 1 fully saturated rings. The molecule has 1 aromatic carbocycles. The summed E-state index contributed by atoms with van der Waals surface area (Å²) in [4.78, 5) is 12.1. The van der Waals surface area contributed by atoms with Gasteiger partial charge in [0.1, 0.15) is 0 Å². The maximum atomic E-state index is 12.1. The number of aromatic nitrogens is 2. The molecule has 1 aromatic heterocycles. The molecule has 1 amide bonds. The summed E-state index contributed by atoms with van der Waals surface area (Å²) in [5.41, 5.74) is 0.0247. The van der Waals surface area contributed by atoms with Gasteiger partial charge in [0.2, 0.25) is 11.8 Å². The molecular weight excluding hydrogens is 386 g/mol. The monoisotopic (exact) mass is 401 g/mol. The zero-order chi connectivity index (χ0) is 18.1. The number of sulfone groups is 1. The molecule has 0 unspecified atom stereocenters. The Kier molecular flexibility index (Phi) is 5.08. The molecule has 134 valence electrons. The van der Waals surface area contributed by atoms with E-state index in [-0.39, 0.29) is 28.4 Å². The normalized spacial score (nSPS) is 22.0. The van der Waals surface area contributed by atoms with Crippen molar-refractivity contribution in [2.45, 2.75) is 24.1 Å². The minimum atomic E-state index is -3.07. The Morgan fingerprint density at radius 3 is 2.72 bits per heavy atom. The Hall–Kier alpha value is -1.58. The van der Waals surface area contributed by atoms with Crippen LogP contribution in [0.5, 0.6) is 0 Å². The molecule has 0 spiro atoms. The zero-order valence-corrected chi connectivity index (χ0v) is 15.7. The van der Waals surface area contributed by atoms with Crippen LogP contribution in [0, 0.1) is 0 Å². The Morgan fingerprint density at radius 1 is 1.36 bits per heavy atom. The van der Waals surface area contributed by atoms with Crippen molar-refractivity contribution in [2.75, 3.05) is 17.3 Å². The summed E-state index contributed by atoms with van der Waals surface area (Å²) < 4.78 is 28.6. The number of benzene rings is 1. The Labute approximate surface area is 154 Å². The molecule has 0 radical (unpaired) electrons. The van der Waals surface area contributed by atoms with E-state index in [9.17, 15) is 13.2 Å². The van der Waals surface area contributed by atoms with E-state index in [2.05, 4.69) is 15.5 Å². The lowest BCUT2D eigenvalue weighted by Gasteiger charge is -2.23. The van der Waals surface area contributed by atoms with Gasteiger partial charge in [-0.3, -0.25) is 4.79 Å². The van der Waals surface area contributed by atoms with Crippen LogP contribution in [-0.4, -0.2) is 47.3 Å². The van der Waals surface area contributed by atoms with Crippen LogP contribution >= 0.6 is 23.4 Å². The summed E-state index contributed by atoms with van der Waals surface area (Å²) in [5, 5.41) is 11.5. The SMILES string of the molecule is C[C@@]1(NC(=O)CSc2nnc(-c3ccc(Cl)cc3)o2)CCS(=O)(=O)C1. The first kappa shape index (κ1) is 18.2. The van der Waals surface area contributed by atoms with Gasteiger partial charge >= 0.3 is 0 Å². The third-order valence-electron chi connectivity index (χ3n) is 3.77. The molecule has 1 N–H and O–H groups in total. The largest absolute Gasteiger partial charge is 0.411 e. The summed E-state index contributed by atoms with van der Waals surface area (Å²) in [6.07, 6.45) is 0.424. The topological polar surface area (TPSA) is 102 Å². The van der Waals surface area contributed by atoms with Crippen LogP contribution in [0.2, 0.25) is 5.02 Å². The van der Waals surface area contributed by atoms with Crippen LogP contribution < -0.4 is 5.32 Å². The molecule has 2 aromatic rings. The van der Waals surface area contributed by atoms with Crippen LogP contribution in [0.15, 0.2) is 33.9 Å². The van der Waals surface area contributed by atoms with Gasteiger partial charge in [0, 0.05) is 10.6 Å². The highest BCUT2D eigenvalue weighted by atomic mass is 35.5. The van der Waals surface area contributed by atoms with Crippen molar-refractivity contribution in [1.82, 2.24) is 15.5 Å². The van der Waals surface area contributed by atoms with Crippen molar-refractivity contribution in [3.63, 3.8) is 0 Å². The molecular formula is C15H16ClN3O4S2. The third-order valence-corrected chi connectivity index (χ3v) is 6.74. The molecule has 1 aliphatic rings. The second-order valence-corrected chi connectivity index (χ2v) is 9.67. The summed E-state index contributed by atoms with van der Waals surface area (Å²) in [5.74, 6) is 0.213. The summed E-state index contributed by atoms with van der Waals surface area (Å²) in [6.45, 7) is 1.74. The Morgan fingerprint density at radius 2 is 2.08 bits per heavy atom. The van der Waals surface area contributed by atoms with Crippen molar-refractivity contribution in [1.29, 1.82) is 0 Å². The molecule has 2 heterocycles. The first-order valence-corrected chi connectivity index (χ1v) is 10.7. The summed E-state index contributed by atoms with van der Waals surface area (Å²) in [6, 6.07) is 6.96. The molecule has 1 saturated heterocycles. The van der Waals surface area contributed by atoms with Crippen LogP contribution in [0.4, 0.5) is 0 Å². The van der Waals surface area contributed by atoms with Crippen molar-refractivity contribution >= 4 is 39.1 Å². The number of thioether (sulfide) groups is 1. The maximum absolute atomic E-state index is 12.1. The first-order valence-electron chi connectivity index (χ1n) is 7.48. The summed E-state index contributed by atoms with van der Waals surface area (Å²) in [7, 11) is -3.07. The van der Waals surface area contributed by atoms with Gasteiger partial charge < -0.3 is 9.73 Å². The third kappa shape index (κ3) is 4.74. The van der Waals surface area contributed by atoms with Crippen LogP contribution in [-0.2, 0) is 14.6 Å². The number of nitrogens with one attached hydrogen (secondary N) is 1. The van der Waals surface area contributed by atoms with Crippen molar-refractivity contribution in [3.05, 3.63) is 29.3 Å². The molecule has 10 heteroatoms. The highest BCUT2D eigenvalue weighted by Crippen LogP contribution is 2.25. The van der Waals surface area contributed by atoms with E-state index in [1.54, 1.807) is 31.2 Å². The van der Waals surface area contributed by atoms with E-state index >= 15 is 0 Å². The molecule has 0 aliphatic carbocycles. The minimum absolute atomic E-state index is 0.0301. The predicted octanol–water partition coefficient (Wildman–Crippen LogP) is 2.18. The fourth-order valence-corrected chi connectivity index (χ4v) is 5.37. The van der Waals surface area contributed by atoms with Crippen molar-refractivity contribution in [2.24, 2.45) is 0 Å². The first-order chi connectivity index (χ1) is 11.7. The average Bonchev–Trinajstić information content (AvgIpc) is 3.10. The van der Waals surface area contributed by atoms with Gasteiger partial charge in [-0.05, 0) is 37.6 Å². The number of nitrogens with zero attached hydrogens (tertiary/aromatic N) is 2. The standard InChI is InChI=1S/C15H16ClN3O4S2/c1-15(6-7-25(21,22)9-15)17-12(20)8-24-14-19-18-13(23-14)10-2-4-11(16)5-3-10/h2-5H,6-9H2,1H3,(H,17,20)/t15-/m1/s1. The van der Waals surface area contributed by atoms with E-state index in [4.69, 9.17) is 16.0 Å². The second-order valence-electron chi connectivity index (χ2n) is 6.12. The van der Waals surface area contributed by atoms with Gasteiger partial charge in [-0.1, -0.05) is 23.4 Å². The molecule has 1 aliphatic heterocycles. The smallest absolute Gasteiger partial charge is 0.277 e. The Balaban J connectivity index is 1.55. The zero-order valence-electron chi connectivity index (χ0n) is 13.4. The van der Waals surface area contributed by atoms with E-state index in [1.807, 2.05) is 0 Å². The van der Waals surface area contributed by atoms with E-state index < -0.39 is 15.4 Å². The van der Waals surface area contributed by atoms with Crippen molar-refractivity contribution < 1.29 is 17.6 Å². The number of carbonyl (C=O) groups excluding carboxylic acids is 1. The van der Waals surface area contributed by atoms with Gasteiger partial charge in [-0.2, -0.15) is 0 Å². The lowest BCUT2D eigenvalue weighted by atomic mass is 10.0. The number of hydrogen-bond acceptors (Lipinski definition) is 7. The molecule has 0 saturated carbocycles. The van der Waals surface area contributed by atoms with E-state index in [1.165, 1.54) is 0 Å². The van der Waals surface area contributed by atoms with E-state index in [0.29, 0.717) is 17.3 Å². The maximum Gasteiger partial charge on any atom is 0.277 e. The van der Waals surface area contributed by atoms with Crippen LogP contribution in [0.25, 0.3) is 11.5 Å². The van der Waals surface area contributed by atoms with Crippen LogP contribution in [0.3, 0.4) is 0 Å². The number of halogens is 1. The fraction of sp³-hybridized carbons (Fsp3) is 0.400. The molecule has 25 heavy (non-hydrogen) atoms. The van der Waals surface area contributed by atoms with Gasteiger partial charge in [-0.25, -0.2) is 8.42 Å². The number of amides is 1. The quantitative estimate of drug-likeness (QED) is 0.766. The van der Waals surface area contributed by atoms with Gasteiger partial charge in [0.15, 0.2) is 9.84 Å². The predicted molar refractivity (Wildman–Crippen MR) is 95.3 cm³/mol. The van der Waals surface area contributed by atoms with Crippen molar-refractivity contribution in [3.8, 4) is 11.5 Å². The highest BCUT2D eigenvalue weighted by Gasteiger charge is 2.39. The minimum Gasteiger partial charge on any atom is -0.411 e. The lowest BCUT2D eigenvalue weighted by molar-refractivity contribution is -0.120. The number of hydrogen-bond donors (Lipinski definition) is 1. The van der Waals surface area contributed by atoms with Gasteiger partial charge in [-0.15, -0.1) is 10.2 Å². The Bertz CT molecular complexity index is 882. The average molecular weight is 402 g/mol. The number of carbonyl (C=O) groups is 1. The number of rotatable bonds is 5. The fourth-order valence-electron chi connectivity index (χ4n) is 2.59. The highest BCUT2D eigenvalue weighted by molar-refractivity contribution is 7.99. The van der Waals surface area contributed by atoms with Gasteiger partial charge in [0.05, 0.1) is 22.8 Å². The summed E-state index contributed by atoms with van der Waals surface area (Å²) >= 11 is 6.94. The van der Waals surface area contributed by atoms with Crippen LogP contribution in [0.1, 0.15) is 13.3 Å². The second kappa shape index (κ2) is 6.97. The molecule has 3 rings (SSSR count). The van der Waals surface area contributed by atoms with Gasteiger partial charge in [0.25, 0.3) is 5.22 Å². The molecule has 1 atom stereocenters. The molecule has 7 nitrogen and oxygen atoms in total. The van der Waals surface area contributed by atoms with E-state index in [0.717, 1.165) is 17.3 Å². The molecule has 0 bridgehead atoms. The lowest BCUT2D eigenvalue weighted by Crippen LogP contribution is -2.47.